The third kappa shape index (κ3) is 1.49. The molecule has 1 atom stereocenters. The SMILES string of the molecule is [C-]#[N+]c1cccc2c1CC1(CCNCC1)[C@@H]2N. The first kappa shape index (κ1) is 10.8. The van der Waals surface area contributed by atoms with Gasteiger partial charge in [0.15, 0.2) is 5.69 Å². The Labute approximate surface area is 102 Å². The molecule has 1 aliphatic heterocycles. The Balaban J connectivity index is 2.05. The van der Waals surface area contributed by atoms with Gasteiger partial charge in [0.2, 0.25) is 0 Å². The predicted molar refractivity (Wildman–Crippen MR) is 67.9 cm³/mol. The standard InChI is InChI=1S/C14H17N3/c1-16-12-4-2-3-10-11(12)9-14(13(10)15)5-7-17-8-6-14/h2-4,13,17H,5-9,15H2/t13-/m1/s1. The first-order valence-electron chi connectivity index (χ1n) is 6.22. The lowest BCUT2D eigenvalue weighted by molar-refractivity contribution is 0.174. The molecule has 0 bridgehead atoms. The molecule has 1 saturated heterocycles. The van der Waals surface area contributed by atoms with Crippen molar-refractivity contribution in [2.45, 2.75) is 25.3 Å². The fraction of sp³-hybridized carbons (Fsp3) is 0.500. The predicted octanol–water partition coefficient (Wildman–Crippen LogP) is 2.16. The fourth-order valence-corrected chi connectivity index (χ4v) is 3.39. The van der Waals surface area contributed by atoms with Crippen LogP contribution in [0.3, 0.4) is 0 Å². The lowest BCUT2D eigenvalue weighted by Gasteiger charge is -2.38. The molecule has 3 rings (SSSR count). The molecule has 3 heteroatoms. The van der Waals surface area contributed by atoms with Crippen LogP contribution in [0.5, 0.6) is 0 Å². The van der Waals surface area contributed by atoms with Gasteiger partial charge < -0.3 is 11.1 Å². The molecule has 0 radical (unpaired) electrons. The highest BCUT2D eigenvalue weighted by Crippen LogP contribution is 2.51. The van der Waals surface area contributed by atoms with E-state index in [1.54, 1.807) is 0 Å². The van der Waals surface area contributed by atoms with E-state index < -0.39 is 0 Å². The minimum atomic E-state index is 0.112. The molecule has 0 saturated carbocycles. The second-order valence-electron chi connectivity index (χ2n) is 5.22. The maximum Gasteiger partial charge on any atom is 0.190 e. The second-order valence-corrected chi connectivity index (χ2v) is 5.22. The number of nitrogens with two attached hydrogens (primary N) is 1. The monoisotopic (exact) mass is 227 g/mol. The first-order valence-corrected chi connectivity index (χ1v) is 6.22. The van der Waals surface area contributed by atoms with Gasteiger partial charge in [-0.1, -0.05) is 18.2 Å². The molecule has 0 amide bonds. The van der Waals surface area contributed by atoms with E-state index in [4.69, 9.17) is 12.3 Å². The van der Waals surface area contributed by atoms with E-state index in [1.165, 1.54) is 11.1 Å². The lowest BCUT2D eigenvalue weighted by Crippen LogP contribution is -2.42. The summed E-state index contributed by atoms with van der Waals surface area (Å²) < 4.78 is 0. The summed E-state index contributed by atoms with van der Waals surface area (Å²) in [5.74, 6) is 0. The van der Waals surface area contributed by atoms with Crippen molar-refractivity contribution in [3.8, 4) is 0 Å². The molecule has 3 nitrogen and oxygen atoms in total. The summed E-state index contributed by atoms with van der Waals surface area (Å²) in [6.45, 7) is 9.35. The molecule has 1 heterocycles. The zero-order chi connectivity index (χ0) is 11.9. The van der Waals surface area contributed by atoms with Gasteiger partial charge in [0.1, 0.15) is 0 Å². The van der Waals surface area contributed by atoms with Gasteiger partial charge in [-0.3, -0.25) is 0 Å². The Morgan fingerprint density at radius 1 is 1.35 bits per heavy atom. The van der Waals surface area contributed by atoms with E-state index in [0.29, 0.717) is 0 Å². The molecule has 1 fully saturated rings. The van der Waals surface area contributed by atoms with Crippen LogP contribution in [0, 0.1) is 12.0 Å². The summed E-state index contributed by atoms with van der Waals surface area (Å²) in [6, 6.07) is 6.09. The van der Waals surface area contributed by atoms with E-state index in [2.05, 4.69) is 16.2 Å². The summed E-state index contributed by atoms with van der Waals surface area (Å²) in [5, 5.41) is 3.40. The summed E-state index contributed by atoms with van der Waals surface area (Å²) >= 11 is 0. The zero-order valence-corrected chi connectivity index (χ0v) is 9.87. The second kappa shape index (κ2) is 3.83. The molecule has 1 aromatic rings. The van der Waals surface area contributed by atoms with Crippen molar-refractivity contribution in [2.24, 2.45) is 11.1 Å². The van der Waals surface area contributed by atoms with Crippen LogP contribution in [0.1, 0.15) is 30.0 Å². The Hall–Kier alpha value is -1.37. The molecule has 0 unspecified atom stereocenters. The molecule has 17 heavy (non-hydrogen) atoms. The largest absolute Gasteiger partial charge is 0.324 e. The van der Waals surface area contributed by atoms with Gasteiger partial charge in [-0.05, 0) is 48.9 Å². The fourth-order valence-electron chi connectivity index (χ4n) is 3.39. The minimum Gasteiger partial charge on any atom is -0.324 e. The van der Waals surface area contributed by atoms with E-state index >= 15 is 0 Å². The Bertz CT molecular complexity index is 481. The van der Waals surface area contributed by atoms with E-state index in [-0.39, 0.29) is 11.5 Å². The van der Waals surface area contributed by atoms with Crippen molar-refractivity contribution in [1.82, 2.24) is 5.32 Å². The number of piperidine rings is 1. The van der Waals surface area contributed by atoms with Crippen molar-refractivity contribution in [3.05, 3.63) is 40.7 Å². The van der Waals surface area contributed by atoms with E-state index in [1.807, 2.05) is 12.1 Å². The van der Waals surface area contributed by atoms with Crippen LogP contribution in [0.4, 0.5) is 5.69 Å². The molecule has 2 aliphatic rings. The molecule has 0 aromatic heterocycles. The maximum atomic E-state index is 7.25. The van der Waals surface area contributed by atoms with Crippen LogP contribution in [0.2, 0.25) is 0 Å². The van der Waals surface area contributed by atoms with Gasteiger partial charge in [-0.2, -0.15) is 0 Å². The normalized spacial score (nSPS) is 25.5. The Morgan fingerprint density at radius 2 is 2.12 bits per heavy atom. The smallest absolute Gasteiger partial charge is 0.190 e. The first-order chi connectivity index (χ1) is 8.27. The highest BCUT2D eigenvalue weighted by atomic mass is 14.9. The molecule has 1 aromatic carbocycles. The average Bonchev–Trinajstić information content (AvgIpc) is 2.64. The minimum absolute atomic E-state index is 0.112. The molecule has 1 aliphatic carbocycles. The highest BCUT2D eigenvalue weighted by Gasteiger charge is 2.45. The molecule has 88 valence electrons. The van der Waals surface area contributed by atoms with Crippen molar-refractivity contribution in [3.63, 3.8) is 0 Å². The van der Waals surface area contributed by atoms with Crippen molar-refractivity contribution in [1.29, 1.82) is 0 Å². The highest BCUT2D eigenvalue weighted by molar-refractivity contribution is 5.59. The van der Waals surface area contributed by atoms with Crippen molar-refractivity contribution in [2.75, 3.05) is 13.1 Å². The zero-order valence-electron chi connectivity index (χ0n) is 9.87. The van der Waals surface area contributed by atoms with Crippen LogP contribution in [-0.4, -0.2) is 13.1 Å². The third-order valence-electron chi connectivity index (χ3n) is 4.43. The number of hydrogen-bond donors (Lipinski definition) is 2. The summed E-state index contributed by atoms with van der Waals surface area (Å²) in [6.07, 6.45) is 3.24. The van der Waals surface area contributed by atoms with Crippen LogP contribution in [0.25, 0.3) is 4.85 Å². The van der Waals surface area contributed by atoms with Crippen molar-refractivity contribution < 1.29 is 0 Å². The van der Waals surface area contributed by atoms with Crippen LogP contribution in [-0.2, 0) is 6.42 Å². The maximum absolute atomic E-state index is 7.25. The van der Waals surface area contributed by atoms with E-state index in [0.717, 1.165) is 38.0 Å². The van der Waals surface area contributed by atoms with Gasteiger partial charge in [-0.25, -0.2) is 4.85 Å². The number of rotatable bonds is 0. The number of hydrogen-bond acceptors (Lipinski definition) is 2. The summed E-state index contributed by atoms with van der Waals surface area (Å²) in [4.78, 5) is 3.63. The topological polar surface area (TPSA) is 42.4 Å². The summed E-state index contributed by atoms with van der Waals surface area (Å²) in [5.41, 5.74) is 9.87. The Morgan fingerprint density at radius 3 is 2.82 bits per heavy atom. The molecule has 1 spiro atoms. The average molecular weight is 227 g/mol. The van der Waals surface area contributed by atoms with Gasteiger partial charge in [0.25, 0.3) is 0 Å². The lowest BCUT2D eigenvalue weighted by atomic mass is 9.73. The van der Waals surface area contributed by atoms with Gasteiger partial charge in [-0.15, -0.1) is 0 Å². The van der Waals surface area contributed by atoms with Crippen LogP contribution in [0.15, 0.2) is 18.2 Å². The number of benzene rings is 1. The number of fused-ring (bicyclic) bond motifs is 1. The third-order valence-corrected chi connectivity index (χ3v) is 4.43. The van der Waals surface area contributed by atoms with Gasteiger partial charge in [0.05, 0.1) is 6.57 Å². The van der Waals surface area contributed by atoms with Crippen molar-refractivity contribution >= 4 is 5.69 Å². The van der Waals surface area contributed by atoms with E-state index in [9.17, 15) is 0 Å². The van der Waals surface area contributed by atoms with Crippen LogP contribution < -0.4 is 11.1 Å². The number of nitrogens with zero attached hydrogens (tertiary/aromatic N) is 1. The molecular formula is C14H17N3. The number of nitrogens with one attached hydrogen (secondary N) is 1. The summed E-state index contributed by atoms with van der Waals surface area (Å²) in [7, 11) is 0. The Kier molecular flexibility index (Phi) is 2.43. The van der Waals surface area contributed by atoms with Gasteiger partial charge in [0, 0.05) is 6.04 Å². The molecule has 3 N–H and O–H groups in total. The quantitative estimate of drug-likeness (QED) is 0.667. The molecular weight excluding hydrogens is 210 g/mol. The van der Waals surface area contributed by atoms with Crippen LogP contribution >= 0.6 is 0 Å². The van der Waals surface area contributed by atoms with Gasteiger partial charge >= 0.3 is 0 Å².